The number of carbonyl (C=O) groups is 8. The molecule has 0 spiro atoms. The normalized spacial score (nSPS) is 16.6. The molecule has 1 saturated heterocycles. The molecular weight excluding hydrogens is 1110 g/mol. The van der Waals surface area contributed by atoms with E-state index < -0.39 is 166 Å². The minimum absolute atomic E-state index is 0.0164. The van der Waals surface area contributed by atoms with Crippen LogP contribution >= 0.6 is 30.4 Å². The van der Waals surface area contributed by atoms with E-state index >= 15 is 0 Å². The summed E-state index contributed by atoms with van der Waals surface area (Å²) in [5.74, 6) is -8.98. The summed E-state index contributed by atoms with van der Waals surface area (Å²) in [5, 5.41) is 57.4. The number of carboxylic acids is 4. The van der Waals surface area contributed by atoms with Crippen LogP contribution < -0.4 is 16.0 Å². The lowest BCUT2D eigenvalue weighted by molar-refractivity contribution is -0.142. The molecule has 1 aliphatic heterocycles. The molecule has 1 unspecified atom stereocenters. The highest BCUT2D eigenvalue weighted by Crippen LogP contribution is 2.69. The fourth-order valence-corrected chi connectivity index (χ4v) is 11.8. The van der Waals surface area contributed by atoms with Crippen LogP contribution in [0.1, 0.15) is 37.7 Å². The van der Waals surface area contributed by atoms with E-state index in [1.807, 2.05) is 10.6 Å². The number of carbonyl (C=O) groups excluding carboxylic acids is 4. The van der Waals surface area contributed by atoms with Gasteiger partial charge in [-0.25, -0.2) is 0 Å². The molecule has 0 saturated carbocycles. The van der Waals surface area contributed by atoms with Crippen LogP contribution in [0.5, 0.6) is 0 Å². The lowest BCUT2D eigenvalue weighted by Crippen LogP contribution is -2.53. The Morgan fingerprint density at radius 2 is 0.921 bits per heavy atom. The molecule has 1 atom stereocenters. The Morgan fingerprint density at radius 3 is 1.32 bits per heavy atom. The monoisotopic (exact) mass is 1170 g/mol. The summed E-state index contributed by atoms with van der Waals surface area (Å²) in [6.45, 7) is -5.67. The Hall–Kier alpha value is -4.66. The standard InChI is InChI=1S/C38H64N8O26P4/c47-29(2-1-3-32(50)46(20-30(48)39-10-8-37(59,73(61,62)63)74(64,65)66)21-31(49)40-11-9-38(60,75(67,68)69)76(70,71)72)41-27-6-4-26(5-7-27)18-28-19-44(24-35(55)56)15-14-42(22-33(51)52)12-13-43(23-34(53)54)16-17-45(28)25-36(57)58/h4-7,28,59-60H,1-3,8-25H2,(H,39,48)(H,40,49)(H,41,47)(H,51,52)(H,53,54)(H,55,56)(H,57,58)(H2,61,62,63)(H2,64,65,66)(H2,67,68,69)(H2,70,71,72). The minimum atomic E-state index is -5.94. The molecule has 0 bridgehead atoms. The van der Waals surface area contributed by atoms with Crippen molar-refractivity contribution in [1.82, 2.24) is 35.1 Å². The first-order chi connectivity index (χ1) is 34.9. The summed E-state index contributed by atoms with van der Waals surface area (Å²) in [6, 6.07) is 5.40. The van der Waals surface area contributed by atoms with Gasteiger partial charge in [0.05, 0.1) is 26.2 Å². The van der Waals surface area contributed by atoms with Gasteiger partial charge in [0.1, 0.15) is 13.1 Å². The van der Waals surface area contributed by atoms with E-state index in [-0.39, 0.29) is 70.8 Å². The Kier molecular flexibility index (Phi) is 26.1. The first-order valence-electron chi connectivity index (χ1n) is 22.5. The lowest BCUT2D eigenvalue weighted by atomic mass is 10.0. The van der Waals surface area contributed by atoms with Crippen LogP contribution in [-0.2, 0) is 63.0 Å². The maximum absolute atomic E-state index is 13.3. The number of hydrogen-bond donors (Lipinski definition) is 17. The maximum Gasteiger partial charge on any atom is 0.369 e. The second kappa shape index (κ2) is 29.4. The summed E-state index contributed by atoms with van der Waals surface area (Å²) in [5.41, 5.74) is 0.799. The van der Waals surface area contributed by atoms with Crippen molar-refractivity contribution in [3.63, 3.8) is 0 Å². The second-order valence-corrected chi connectivity index (χ2v) is 25.5. The fourth-order valence-electron chi connectivity index (χ4n) is 7.49. The number of anilines is 1. The second-order valence-electron chi connectivity index (χ2n) is 17.5. The smallest absolute Gasteiger partial charge is 0.369 e. The van der Waals surface area contributed by atoms with E-state index in [4.69, 9.17) is 0 Å². The zero-order chi connectivity index (χ0) is 58.0. The summed E-state index contributed by atoms with van der Waals surface area (Å²) >= 11 is 0. The quantitative estimate of drug-likeness (QED) is 0.0334. The summed E-state index contributed by atoms with van der Waals surface area (Å²) in [4.78, 5) is 181. The summed E-state index contributed by atoms with van der Waals surface area (Å²) in [7, 11) is -23.8. The molecule has 432 valence electrons. The molecule has 38 heteroatoms. The van der Waals surface area contributed by atoms with Crippen LogP contribution in [0.3, 0.4) is 0 Å². The lowest BCUT2D eigenvalue weighted by Gasteiger charge is -2.37. The molecular formula is C38H64N8O26P4. The highest BCUT2D eigenvalue weighted by Gasteiger charge is 2.60. The third kappa shape index (κ3) is 22.4. The third-order valence-corrected chi connectivity index (χ3v) is 19.3. The Morgan fingerprint density at radius 1 is 0.539 bits per heavy atom. The summed E-state index contributed by atoms with van der Waals surface area (Å²) < 4.78 is 46.7. The fraction of sp³-hybridized carbons (Fsp3) is 0.632. The molecule has 0 radical (unpaired) electrons. The van der Waals surface area contributed by atoms with Gasteiger partial charge in [-0.05, 0) is 30.5 Å². The molecule has 1 fully saturated rings. The SMILES string of the molecule is O=C(O)CN1CCN(CC(=O)O)CCN(CC(=O)O)C(Cc2ccc(NC(=O)CCCC(=O)N(CC(=O)NCCC(O)(P(=O)(O)O)P(=O)(O)O)CC(=O)NCCC(O)(P(=O)(O)O)P(=O)(O)O)cc2)CN(CC(=O)O)CC1. The minimum Gasteiger partial charge on any atom is -0.480 e. The molecule has 0 aliphatic carbocycles. The number of aliphatic hydroxyl groups is 2. The van der Waals surface area contributed by atoms with Gasteiger partial charge in [-0.1, -0.05) is 12.1 Å². The van der Waals surface area contributed by atoms with Crippen molar-refractivity contribution in [3.05, 3.63) is 29.8 Å². The van der Waals surface area contributed by atoms with Gasteiger partial charge in [0.2, 0.25) is 23.6 Å². The maximum atomic E-state index is 13.3. The van der Waals surface area contributed by atoms with Crippen LogP contribution in [0.25, 0.3) is 0 Å². The van der Waals surface area contributed by atoms with Crippen molar-refractivity contribution in [2.45, 2.75) is 54.7 Å². The van der Waals surface area contributed by atoms with Crippen molar-refractivity contribution in [1.29, 1.82) is 0 Å². The largest absolute Gasteiger partial charge is 0.480 e. The Balaban J connectivity index is 2.26. The van der Waals surface area contributed by atoms with Crippen LogP contribution in [0.2, 0.25) is 0 Å². The number of hydrogen-bond acceptors (Lipinski definition) is 18. The van der Waals surface area contributed by atoms with Gasteiger partial charge in [-0.15, -0.1) is 0 Å². The number of benzene rings is 1. The third-order valence-electron chi connectivity index (χ3n) is 11.5. The van der Waals surface area contributed by atoms with Gasteiger partial charge in [0.15, 0.2) is 0 Å². The molecule has 4 amide bonds. The number of rotatable bonds is 29. The van der Waals surface area contributed by atoms with Gasteiger partial charge in [0.25, 0.3) is 10.2 Å². The van der Waals surface area contributed by atoms with Crippen molar-refractivity contribution >= 4 is 83.6 Å². The van der Waals surface area contributed by atoms with Gasteiger partial charge in [-0.3, -0.25) is 76.2 Å². The molecule has 0 aromatic heterocycles. The first-order valence-corrected chi connectivity index (χ1v) is 29.0. The van der Waals surface area contributed by atoms with Crippen molar-refractivity contribution in [2.24, 2.45) is 0 Å². The molecule has 1 aromatic carbocycles. The van der Waals surface area contributed by atoms with E-state index in [2.05, 4.69) is 5.32 Å². The number of nitrogens with one attached hydrogen (secondary N) is 3. The van der Waals surface area contributed by atoms with Crippen LogP contribution in [0.4, 0.5) is 5.69 Å². The van der Waals surface area contributed by atoms with Crippen LogP contribution in [-0.4, -0.2) is 256 Å². The Labute approximate surface area is 432 Å². The molecule has 1 heterocycles. The van der Waals surface area contributed by atoms with E-state index in [1.165, 1.54) is 26.8 Å². The van der Waals surface area contributed by atoms with E-state index in [9.17, 15) is 126 Å². The van der Waals surface area contributed by atoms with Gasteiger partial charge in [0, 0.05) is 96.3 Å². The van der Waals surface area contributed by atoms with Gasteiger partial charge < -0.3 is 90.6 Å². The van der Waals surface area contributed by atoms with E-state index in [0.29, 0.717) is 10.5 Å². The molecule has 17 N–H and O–H groups in total. The van der Waals surface area contributed by atoms with Gasteiger partial charge in [-0.2, -0.15) is 0 Å². The number of aliphatic carboxylic acids is 4. The van der Waals surface area contributed by atoms with Gasteiger partial charge >= 0.3 is 54.3 Å². The van der Waals surface area contributed by atoms with Crippen molar-refractivity contribution in [3.8, 4) is 0 Å². The molecule has 2 rings (SSSR count). The highest BCUT2D eigenvalue weighted by molar-refractivity contribution is 7.72. The van der Waals surface area contributed by atoms with Crippen molar-refractivity contribution < 1.29 is 126 Å². The average Bonchev–Trinajstić information content (AvgIpc) is 3.25. The zero-order valence-electron chi connectivity index (χ0n) is 40.4. The van der Waals surface area contributed by atoms with E-state index in [0.717, 1.165) is 0 Å². The van der Waals surface area contributed by atoms with Crippen molar-refractivity contribution in [2.75, 3.05) is 103 Å². The molecule has 1 aromatic rings. The summed E-state index contributed by atoms with van der Waals surface area (Å²) in [6.07, 6.45) is -3.98. The highest BCUT2D eigenvalue weighted by atomic mass is 31.2. The topological polar surface area (TPSA) is 540 Å². The van der Waals surface area contributed by atoms with Crippen LogP contribution in [0, 0.1) is 0 Å². The van der Waals surface area contributed by atoms with E-state index in [1.54, 1.807) is 17.0 Å². The first kappa shape index (κ1) is 67.4. The molecule has 34 nitrogen and oxygen atoms in total. The number of nitrogens with zero attached hydrogens (tertiary/aromatic N) is 5. The predicted molar refractivity (Wildman–Crippen MR) is 258 cm³/mol. The molecule has 1 aliphatic rings. The number of carboxylic acid groups (broad SMARTS) is 4. The Bertz CT molecular complexity index is 2290. The average molecular weight is 1170 g/mol. The zero-order valence-corrected chi connectivity index (χ0v) is 44.0. The predicted octanol–water partition coefficient (Wildman–Crippen LogP) is -4.89. The molecule has 76 heavy (non-hydrogen) atoms. The number of amides is 4. The van der Waals surface area contributed by atoms with Crippen LogP contribution in [0.15, 0.2) is 24.3 Å².